The second kappa shape index (κ2) is 5.24. The first-order valence-corrected chi connectivity index (χ1v) is 5.51. The molecule has 0 atom stereocenters. The molecule has 2 nitrogen and oxygen atoms in total. The van der Waals surface area contributed by atoms with Crippen LogP contribution >= 0.6 is 0 Å². The van der Waals surface area contributed by atoms with Crippen molar-refractivity contribution >= 4 is 0 Å². The first-order chi connectivity index (χ1) is 7.36. The molecule has 0 amide bonds. The van der Waals surface area contributed by atoms with Crippen LogP contribution in [0.1, 0.15) is 5.56 Å². The standard InChI is InChI=1S/C12H17FN2/c13-12-4-2-1-3-11(12)5-6-14-7-10-8-15-9-10/h1-4,10,14-15H,5-9H2. The van der Waals surface area contributed by atoms with Crippen molar-refractivity contribution < 1.29 is 4.39 Å². The van der Waals surface area contributed by atoms with Crippen molar-refractivity contribution in [2.45, 2.75) is 6.42 Å². The van der Waals surface area contributed by atoms with Gasteiger partial charge in [0.25, 0.3) is 0 Å². The van der Waals surface area contributed by atoms with Gasteiger partial charge in [0.1, 0.15) is 5.82 Å². The minimum absolute atomic E-state index is 0.0930. The molecule has 2 rings (SSSR count). The summed E-state index contributed by atoms with van der Waals surface area (Å²) in [7, 11) is 0. The Morgan fingerprint density at radius 2 is 2.13 bits per heavy atom. The second-order valence-electron chi connectivity index (χ2n) is 4.07. The van der Waals surface area contributed by atoms with Crippen molar-refractivity contribution in [1.82, 2.24) is 10.6 Å². The van der Waals surface area contributed by atoms with E-state index in [-0.39, 0.29) is 5.82 Å². The molecule has 0 bridgehead atoms. The summed E-state index contributed by atoms with van der Waals surface area (Å²) in [5.74, 6) is 0.676. The van der Waals surface area contributed by atoms with Gasteiger partial charge in [-0.15, -0.1) is 0 Å². The fraction of sp³-hybridized carbons (Fsp3) is 0.500. The van der Waals surface area contributed by atoms with Gasteiger partial charge in [-0.3, -0.25) is 0 Å². The highest BCUT2D eigenvalue weighted by molar-refractivity contribution is 5.17. The normalized spacial score (nSPS) is 16.3. The molecule has 3 heteroatoms. The van der Waals surface area contributed by atoms with Crippen molar-refractivity contribution in [1.29, 1.82) is 0 Å². The Balaban J connectivity index is 1.66. The van der Waals surface area contributed by atoms with Gasteiger partial charge in [0, 0.05) is 19.6 Å². The molecule has 1 fully saturated rings. The van der Waals surface area contributed by atoms with Gasteiger partial charge < -0.3 is 10.6 Å². The van der Waals surface area contributed by atoms with E-state index in [9.17, 15) is 4.39 Å². The van der Waals surface area contributed by atoms with Gasteiger partial charge in [-0.25, -0.2) is 4.39 Å². The maximum atomic E-state index is 13.2. The molecule has 0 aromatic heterocycles. The van der Waals surface area contributed by atoms with Crippen molar-refractivity contribution in [3.63, 3.8) is 0 Å². The summed E-state index contributed by atoms with van der Waals surface area (Å²) in [6, 6.07) is 6.98. The van der Waals surface area contributed by atoms with Crippen LogP contribution in [0.25, 0.3) is 0 Å². The lowest BCUT2D eigenvalue weighted by molar-refractivity contribution is 0.332. The molecule has 1 aliphatic rings. The molecule has 1 aromatic rings. The molecular weight excluding hydrogens is 191 g/mol. The Labute approximate surface area is 89.9 Å². The SMILES string of the molecule is Fc1ccccc1CCNCC1CNC1. The maximum absolute atomic E-state index is 13.2. The number of halogens is 1. The van der Waals surface area contributed by atoms with Crippen LogP contribution in [0.2, 0.25) is 0 Å². The summed E-state index contributed by atoms with van der Waals surface area (Å²) >= 11 is 0. The zero-order chi connectivity index (χ0) is 10.5. The molecule has 1 aliphatic heterocycles. The van der Waals surface area contributed by atoms with Crippen LogP contribution in [0.5, 0.6) is 0 Å². The molecule has 1 aromatic carbocycles. The highest BCUT2D eigenvalue weighted by Gasteiger charge is 2.15. The predicted octanol–water partition coefficient (Wildman–Crippen LogP) is 1.18. The zero-order valence-electron chi connectivity index (χ0n) is 8.80. The Kier molecular flexibility index (Phi) is 3.69. The first-order valence-electron chi connectivity index (χ1n) is 5.51. The van der Waals surface area contributed by atoms with E-state index in [2.05, 4.69) is 10.6 Å². The summed E-state index contributed by atoms with van der Waals surface area (Å²) in [5.41, 5.74) is 0.803. The Morgan fingerprint density at radius 1 is 1.33 bits per heavy atom. The van der Waals surface area contributed by atoms with Crippen LogP contribution < -0.4 is 10.6 Å². The molecule has 1 saturated heterocycles. The van der Waals surface area contributed by atoms with E-state index in [1.807, 2.05) is 12.1 Å². The average molecular weight is 208 g/mol. The van der Waals surface area contributed by atoms with Gasteiger partial charge in [0.05, 0.1) is 0 Å². The lowest BCUT2D eigenvalue weighted by Gasteiger charge is -2.27. The third kappa shape index (κ3) is 3.01. The minimum atomic E-state index is -0.0930. The van der Waals surface area contributed by atoms with Gasteiger partial charge >= 0.3 is 0 Å². The van der Waals surface area contributed by atoms with Crippen LogP contribution in [0.4, 0.5) is 4.39 Å². The van der Waals surface area contributed by atoms with E-state index in [0.717, 1.165) is 44.1 Å². The Morgan fingerprint density at radius 3 is 2.80 bits per heavy atom. The molecule has 2 N–H and O–H groups in total. The molecule has 0 unspecified atom stereocenters. The fourth-order valence-corrected chi connectivity index (χ4v) is 1.72. The molecule has 15 heavy (non-hydrogen) atoms. The van der Waals surface area contributed by atoms with E-state index >= 15 is 0 Å². The Hall–Kier alpha value is -0.930. The molecule has 0 saturated carbocycles. The summed E-state index contributed by atoms with van der Waals surface area (Å²) in [6.07, 6.45) is 0.771. The van der Waals surface area contributed by atoms with E-state index in [4.69, 9.17) is 0 Å². The lowest BCUT2D eigenvalue weighted by atomic mass is 10.0. The maximum Gasteiger partial charge on any atom is 0.126 e. The quantitative estimate of drug-likeness (QED) is 0.710. The van der Waals surface area contributed by atoms with Crippen molar-refractivity contribution in [3.8, 4) is 0 Å². The fourth-order valence-electron chi connectivity index (χ4n) is 1.72. The van der Waals surface area contributed by atoms with Crippen LogP contribution in [-0.2, 0) is 6.42 Å². The smallest absolute Gasteiger partial charge is 0.126 e. The third-order valence-electron chi connectivity index (χ3n) is 2.83. The van der Waals surface area contributed by atoms with Gasteiger partial charge in [-0.2, -0.15) is 0 Å². The van der Waals surface area contributed by atoms with Crippen LogP contribution in [0.3, 0.4) is 0 Å². The summed E-state index contributed by atoms with van der Waals surface area (Å²) in [6.45, 7) is 4.14. The highest BCUT2D eigenvalue weighted by atomic mass is 19.1. The van der Waals surface area contributed by atoms with Crippen molar-refractivity contribution in [3.05, 3.63) is 35.6 Å². The monoisotopic (exact) mass is 208 g/mol. The molecule has 0 radical (unpaired) electrons. The van der Waals surface area contributed by atoms with Gasteiger partial charge in [-0.1, -0.05) is 18.2 Å². The topological polar surface area (TPSA) is 24.1 Å². The van der Waals surface area contributed by atoms with E-state index < -0.39 is 0 Å². The number of nitrogens with one attached hydrogen (secondary N) is 2. The molecule has 0 aliphatic carbocycles. The lowest BCUT2D eigenvalue weighted by Crippen LogP contribution is -2.47. The number of benzene rings is 1. The van der Waals surface area contributed by atoms with Crippen LogP contribution in [0.15, 0.2) is 24.3 Å². The number of hydrogen-bond donors (Lipinski definition) is 2. The summed E-state index contributed by atoms with van der Waals surface area (Å²) in [4.78, 5) is 0. The van der Waals surface area contributed by atoms with Gasteiger partial charge in [-0.05, 0) is 30.5 Å². The summed E-state index contributed by atoms with van der Waals surface area (Å²) < 4.78 is 13.2. The third-order valence-corrected chi connectivity index (χ3v) is 2.83. The molecule has 0 spiro atoms. The summed E-state index contributed by atoms with van der Waals surface area (Å²) in [5, 5.41) is 6.59. The molecule has 1 heterocycles. The van der Waals surface area contributed by atoms with E-state index in [1.54, 1.807) is 6.07 Å². The van der Waals surface area contributed by atoms with Crippen LogP contribution in [-0.4, -0.2) is 26.2 Å². The predicted molar refractivity (Wildman–Crippen MR) is 59.3 cm³/mol. The second-order valence-corrected chi connectivity index (χ2v) is 4.07. The molecule has 82 valence electrons. The van der Waals surface area contributed by atoms with Crippen LogP contribution in [0, 0.1) is 11.7 Å². The highest BCUT2D eigenvalue weighted by Crippen LogP contribution is 2.06. The van der Waals surface area contributed by atoms with Crippen molar-refractivity contribution in [2.24, 2.45) is 5.92 Å². The number of hydrogen-bond acceptors (Lipinski definition) is 2. The largest absolute Gasteiger partial charge is 0.316 e. The molecular formula is C12H17FN2. The van der Waals surface area contributed by atoms with E-state index in [0.29, 0.717) is 0 Å². The zero-order valence-corrected chi connectivity index (χ0v) is 8.80. The van der Waals surface area contributed by atoms with Crippen molar-refractivity contribution in [2.75, 3.05) is 26.2 Å². The minimum Gasteiger partial charge on any atom is -0.316 e. The number of rotatable bonds is 5. The van der Waals surface area contributed by atoms with E-state index in [1.165, 1.54) is 6.07 Å². The average Bonchev–Trinajstić information content (AvgIpc) is 2.17. The van der Waals surface area contributed by atoms with Gasteiger partial charge in [0.15, 0.2) is 0 Å². The Bertz CT molecular complexity index is 310. The first kappa shape index (κ1) is 10.6. The van der Waals surface area contributed by atoms with Gasteiger partial charge in [0.2, 0.25) is 0 Å².